The average molecular weight is 226 g/mol. The van der Waals surface area contributed by atoms with Gasteiger partial charge in [0.05, 0.1) is 5.56 Å². The molecule has 1 rings (SSSR count). The molecule has 1 heterocycles. The number of hydrogen-bond acceptors (Lipinski definition) is 1. The summed E-state index contributed by atoms with van der Waals surface area (Å²) in [5, 5.41) is 0. The van der Waals surface area contributed by atoms with Crippen LogP contribution in [0, 0.1) is 5.95 Å². The lowest BCUT2D eigenvalue weighted by molar-refractivity contribution is 0.150. The van der Waals surface area contributed by atoms with Crippen molar-refractivity contribution in [2.24, 2.45) is 0 Å². The number of rotatable bonds is 1. The standard InChI is InChI=1S/C6H3BrF3N/c7-5-3(6(9)10)1-2-4(8)11-5/h1-2,6H. The Balaban J connectivity index is 3.09. The van der Waals surface area contributed by atoms with Crippen molar-refractivity contribution in [3.8, 4) is 0 Å². The molecule has 1 aromatic heterocycles. The predicted octanol–water partition coefficient (Wildman–Crippen LogP) is 2.92. The summed E-state index contributed by atoms with van der Waals surface area (Å²) in [6.45, 7) is 0. The topological polar surface area (TPSA) is 12.9 Å². The van der Waals surface area contributed by atoms with Crippen LogP contribution in [-0.4, -0.2) is 4.98 Å². The molecule has 0 atom stereocenters. The van der Waals surface area contributed by atoms with Crippen LogP contribution in [-0.2, 0) is 0 Å². The number of halogens is 4. The van der Waals surface area contributed by atoms with Crippen LogP contribution >= 0.6 is 15.9 Å². The van der Waals surface area contributed by atoms with Gasteiger partial charge in [-0.3, -0.25) is 0 Å². The number of hydrogen-bond donors (Lipinski definition) is 0. The molecule has 0 spiro atoms. The molecular weight excluding hydrogens is 223 g/mol. The number of aromatic nitrogens is 1. The Morgan fingerprint density at radius 1 is 1.36 bits per heavy atom. The molecule has 0 aliphatic rings. The molecular formula is C6H3BrF3N. The Labute approximate surface area is 69.4 Å². The maximum Gasteiger partial charge on any atom is 0.266 e. The second-order valence-electron chi connectivity index (χ2n) is 1.81. The maximum atomic E-state index is 12.2. The largest absolute Gasteiger partial charge is 0.266 e. The molecule has 0 saturated heterocycles. The Bertz CT molecular complexity index is 264. The molecule has 1 aromatic rings. The minimum Gasteiger partial charge on any atom is -0.212 e. The van der Waals surface area contributed by atoms with Gasteiger partial charge in [-0.15, -0.1) is 0 Å². The van der Waals surface area contributed by atoms with Crippen molar-refractivity contribution in [2.75, 3.05) is 0 Å². The van der Waals surface area contributed by atoms with E-state index in [1.807, 2.05) is 0 Å². The summed E-state index contributed by atoms with van der Waals surface area (Å²) in [6, 6.07) is 1.89. The third-order valence-corrected chi connectivity index (χ3v) is 1.71. The molecule has 0 amide bonds. The molecule has 0 radical (unpaired) electrons. The summed E-state index contributed by atoms with van der Waals surface area (Å²) < 4.78 is 36.0. The van der Waals surface area contributed by atoms with Crippen LogP contribution in [0.1, 0.15) is 12.0 Å². The number of alkyl halides is 2. The first-order chi connectivity index (χ1) is 5.11. The zero-order valence-corrected chi connectivity index (χ0v) is 6.78. The van der Waals surface area contributed by atoms with E-state index in [2.05, 4.69) is 20.9 Å². The zero-order valence-electron chi connectivity index (χ0n) is 5.19. The lowest BCUT2D eigenvalue weighted by atomic mass is 10.3. The molecule has 0 fully saturated rings. The van der Waals surface area contributed by atoms with E-state index < -0.39 is 12.4 Å². The van der Waals surface area contributed by atoms with Crippen molar-refractivity contribution >= 4 is 15.9 Å². The highest BCUT2D eigenvalue weighted by atomic mass is 79.9. The lowest BCUT2D eigenvalue weighted by Gasteiger charge is -2.00. The van der Waals surface area contributed by atoms with Gasteiger partial charge in [-0.25, -0.2) is 13.8 Å². The van der Waals surface area contributed by atoms with Crippen LogP contribution in [0.5, 0.6) is 0 Å². The van der Waals surface area contributed by atoms with Crippen molar-refractivity contribution in [2.45, 2.75) is 6.43 Å². The van der Waals surface area contributed by atoms with Gasteiger partial charge < -0.3 is 0 Å². The molecule has 0 aliphatic carbocycles. The Morgan fingerprint density at radius 2 is 2.00 bits per heavy atom. The van der Waals surface area contributed by atoms with E-state index in [4.69, 9.17) is 0 Å². The lowest BCUT2D eigenvalue weighted by Crippen LogP contribution is -1.91. The first-order valence-electron chi connectivity index (χ1n) is 2.71. The highest BCUT2D eigenvalue weighted by Crippen LogP contribution is 2.25. The van der Waals surface area contributed by atoms with E-state index in [0.717, 1.165) is 12.1 Å². The summed E-state index contributed by atoms with van der Waals surface area (Å²) in [7, 11) is 0. The highest BCUT2D eigenvalue weighted by Gasteiger charge is 2.12. The minimum absolute atomic E-state index is 0.146. The summed E-state index contributed by atoms with van der Waals surface area (Å²) >= 11 is 2.72. The van der Waals surface area contributed by atoms with E-state index in [9.17, 15) is 13.2 Å². The summed E-state index contributed by atoms with van der Waals surface area (Å²) in [4.78, 5) is 3.16. The third kappa shape index (κ3) is 1.92. The SMILES string of the molecule is Fc1ccc(C(F)F)c(Br)n1. The van der Waals surface area contributed by atoms with Crippen molar-refractivity contribution in [1.29, 1.82) is 0 Å². The van der Waals surface area contributed by atoms with Gasteiger partial charge in [-0.05, 0) is 28.1 Å². The molecule has 0 unspecified atom stereocenters. The average Bonchev–Trinajstić information content (AvgIpc) is 1.85. The van der Waals surface area contributed by atoms with Crippen molar-refractivity contribution < 1.29 is 13.2 Å². The molecule has 11 heavy (non-hydrogen) atoms. The van der Waals surface area contributed by atoms with E-state index in [0.29, 0.717) is 0 Å². The minimum atomic E-state index is -2.63. The van der Waals surface area contributed by atoms with Crippen LogP contribution in [0.15, 0.2) is 16.7 Å². The fourth-order valence-corrected chi connectivity index (χ4v) is 1.06. The fraction of sp³-hybridized carbons (Fsp3) is 0.167. The van der Waals surface area contributed by atoms with Crippen LogP contribution in [0.2, 0.25) is 0 Å². The van der Waals surface area contributed by atoms with Gasteiger partial charge in [0.2, 0.25) is 5.95 Å². The van der Waals surface area contributed by atoms with Gasteiger partial charge in [0.25, 0.3) is 6.43 Å². The molecule has 0 aromatic carbocycles. The molecule has 5 heteroatoms. The molecule has 60 valence electrons. The van der Waals surface area contributed by atoms with Gasteiger partial charge in [0, 0.05) is 0 Å². The molecule has 0 N–H and O–H groups in total. The molecule has 1 nitrogen and oxygen atoms in total. The summed E-state index contributed by atoms with van der Waals surface area (Å²) in [6.07, 6.45) is -2.63. The van der Waals surface area contributed by atoms with E-state index >= 15 is 0 Å². The number of pyridine rings is 1. The molecule has 0 aliphatic heterocycles. The number of nitrogens with zero attached hydrogens (tertiary/aromatic N) is 1. The molecule has 0 saturated carbocycles. The second kappa shape index (κ2) is 3.21. The maximum absolute atomic E-state index is 12.2. The van der Waals surface area contributed by atoms with E-state index in [-0.39, 0.29) is 10.2 Å². The zero-order chi connectivity index (χ0) is 8.43. The van der Waals surface area contributed by atoms with Gasteiger partial charge >= 0.3 is 0 Å². The highest BCUT2D eigenvalue weighted by molar-refractivity contribution is 9.10. The Hall–Kier alpha value is -0.580. The van der Waals surface area contributed by atoms with Gasteiger partial charge in [0.1, 0.15) is 4.60 Å². The summed E-state index contributed by atoms with van der Waals surface area (Å²) in [5.74, 6) is -0.777. The van der Waals surface area contributed by atoms with Crippen molar-refractivity contribution in [3.05, 3.63) is 28.2 Å². The van der Waals surface area contributed by atoms with Crippen LogP contribution < -0.4 is 0 Å². The second-order valence-corrected chi connectivity index (χ2v) is 2.57. The van der Waals surface area contributed by atoms with Crippen molar-refractivity contribution in [3.63, 3.8) is 0 Å². The third-order valence-electron chi connectivity index (χ3n) is 1.08. The first-order valence-corrected chi connectivity index (χ1v) is 3.50. The van der Waals surface area contributed by atoms with Gasteiger partial charge in [-0.2, -0.15) is 4.39 Å². The first kappa shape index (κ1) is 8.52. The quantitative estimate of drug-likeness (QED) is 0.671. The van der Waals surface area contributed by atoms with Gasteiger partial charge in [0.15, 0.2) is 0 Å². The Morgan fingerprint density at radius 3 is 2.45 bits per heavy atom. The van der Waals surface area contributed by atoms with E-state index in [1.165, 1.54) is 0 Å². The van der Waals surface area contributed by atoms with Crippen LogP contribution in [0.25, 0.3) is 0 Å². The van der Waals surface area contributed by atoms with Crippen LogP contribution in [0.3, 0.4) is 0 Å². The normalized spacial score (nSPS) is 10.6. The van der Waals surface area contributed by atoms with E-state index in [1.54, 1.807) is 0 Å². The van der Waals surface area contributed by atoms with Crippen molar-refractivity contribution in [1.82, 2.24) is 4.98 Å². The monoisotopic (exact) mass is 225 g/mol. The Kier molecular flexibility index (Phi) is 2.49. The van der Waals surface area contributed by atoms with Gasteiger partial charge in [-0.1, -0.05) is 0 Å². The molecule has 0 bridgehead atoms. The smallest absolute Gasteiger partial charge is 0.212 e. The predicted molar refractivity (Wildman–Crippen MR) is 36.9 cm³/mol. The van der Waals surface area contributed by atoms with Crippen LogP contribution in [0.4, 0.5) is 13.2 Å². The fourth-order valence-electron chi connectivity index (χ4n) is 0.586. The summed E-state index contributed by atoms with van der Waals surface area (Å²) in [5.41, 5.74) is -0.300.